The molecule has 4 aromatic rings. The van der Waals surface area contributed by atoms with E-state index in [0.29, 0.717) is 29.0 Å². The summed E-state index contributed by atoms with van der Waals surface area (Å²) in [6, 6.07) is 12.8. The van der Waals surface area contributed by atoms with Crippen LogP contribution in [0.25, 0.3) is 10.9 Å². The lowest BCUT2D eigenvalue weighted by Crippen LogP contribution is -2.19. The molecule has 2 heterocycles. The van der Waals surface area contributed by atoms with Crippen LogP contribution in [0.5, 0.6) is 11.5 Å². The van der Waals surface area contributed by atoms with E-state index in [1.54, 1.807) is 25.6 Å². The lowest BCUT2D eigenvalue weighted by Gasteiger charge is -2.23. The molecule has 0 saturated heterocycles. The van der Waals surface area contributed by atoms with Crippen LogP contribution in [0.2, 0.25) is 0 Å². The third-order valence-corrected chi connectivity index (χ3v) is 5.88. The number of amides is 1. The molecule has 0 aliphatic carbocycles. The van der Waals surface area contributed by atoms with Crippen molar-refractivity contribution in [2.45, 2.75) is 32.3 Å². The Balaban J connectivity index is 1.83. The standard InChI is InChI=1S/C29H29N3O4/c1-18(2)36-28-23(22(17-33)14-21-15-32-26-10-11-31-16-25(21)26)12-19(13-24(28)29(30)34)8-9-20-6-4-5-7-27(20)35-3/h4-7,10-13,15-16,18,22,32-33H,14,17H2,1-3H3,(H2,30,34). The fraction of sp³-hybridized carbons (Fsp3) is 0.241. The number of para-hydroxylation sites is 1. The van der Waals surface area contributed by atoms with Crippen molar-refractivity contribution in [2.24, 2.45) is 5.73 Å². The molecule has 0 saturated carbocycles. The minimum atomic E-state index is -0.624. The third-order valence-electron chi connectivity index (χ3n) is 5.88. The SMILES string of the molecule is COc1ccccc1C#Cc1cc(C(N)=O)c(OC(C)C)c(C(CO)Cc2c[nH]c3ccncc23)c1. The average molecular weight is 484 g/mol. The first kappa shape index (κ1) is 24.8. The highest BCUT2D eigenvalue weighted by Crippen LogP contribution is 2.35. The van der Waals surface area contributed by atoms with Crippen LogP contribution in [0.4, 0.5) is 0 Å². The van der Waals surface area contributed by atoms with Crippen LogP contribution >= 0.6 is 0 Å². The van der Waals surface area contributed by atoms with Crippen molar-refractivity contribution in [3.05, 3.63) is 88.9 Å². The molecule has 36 heavy (non-hydrogen) atoms. The van der Waals surface area contributed by atoms with E-state index in [1.807, 2.05) is 56.4 Å². The third kappa shape index (κ3) is 5.35. The van der Waals surface area contributed by atoms with Gasteiger partial charge in [0.25, 0.3) is 5.91 Å². The van der Waals surface area contributed by atoms with Crippen molar-refractivity contribution >= 4 is 16.8 Å². The van der Waals surface area contributed by atoms with Gasteiger partial charge in [0.15, 0.2) is 0 Å². The highest BCUT2D eigenvalue weighted by atomic mass is 16.5. The quantitative estimate of drug-likeness (QED) is 0.326. The summed E-state index contributed by atoms with van der Waals surface area (Å²) in [7, 11) is 1.59. The smallest absolute Gasteiger partial charge is 0.252 e. The number of H-pyrrole nitrogens is 1. The summed E-state index contributed by atoms with van der Waals surface area (Å²) in [5, 5.41) is 11.4. The van der Waals surface area contributed by atoms with Gasteiger partial charge in [-0.25, -0.2) is 0 Å². The van der Waals surface area contributed by atoms with Gasteiger partial charge in [0.1, 0.15) is 11.5 Å². The first-order valence-electron chi connectivity index (χ1n) is 11.7. The van der Waals surface area contributed by atoms with Crippen LogP contribution < -0.4 is 15.2 Å². The van der Waals surface area contributed by atoms with Crippen LogP contribution in [0.3, 0.4) is 0 Å². The van der Waals surface area contributed by atoms with E-state index in [4.69, 9.17) is 15.2 Å². The molecule has 7 nitrogen and oxygen atoms in total. The molecule has 2 aromatic carbocycles. The first-order chi connectivity index (χ1) is 17.4. The van der Waals surface area contributed by atoms with Crippen LogP contribution in [0.15, 0.2) is 61.1 Å². The molecule has 184 valence electrons. The van der Waals surface area contributed by atoms with Gasteiger partial charge in [-0.1, -0.05) is 24.0 Å². The van der Waals surface area contributed by atoms with Gasteiger partial charge < -0.3 is 25.3 Å². The van der Waals surface area contributed by atoms with Gasteiger partial charge in [0.2, 0.25) is 0 Å². The number of methoxy groups -OCH3 is 1. The number of nitrogens with zero attached hydrogens (tertiary/aromatic N) is 1. The first-order valence-corrected chi connectivity index (χ1v) is 11.7. The molecule has 2 aromatic heterocycles. The van der Waals surface area contributed by atoms with E-state index in [-0.39, 0.29) is 24.2 Å². The second-order valence-electron chi connectivity index (χ2n) is 8.74. The Morgan fingerprint density at radius 3 is 2.72 bits per heavy atom. The zero-order chi connectivity index (χ0) is 25.7. The van der Waals surface area contributed by atoms with Crippen LogP contribution in [-0.2, 0) is 6.42 Å². The monoisotopic (exact) mass is 483 g/mol. The number of carbonyl (C=O) groups excluding carboxylic acids is 1. The topological polar surface area (TPSA) is 110 Å². The van der Waals surface area contributed by atoms with Crippen molar-refractivity contribution in [3.63, 3.8) is 0 Å². The summed E-state index contributed by atoms with van der Waals surface area (Å²) in [5.41, 5.74) is 9.93. The van der Waals surface area contributed by atoms with E-state index in [2.05, 4.69) is 21.8 Å². The largest absolute Gasteiger partial charge is 0.495 e. The number of carbonyl (C=O) groups is 1. The Morgan fingerprint density at radius 2 is 2.00 bits per heavy atom. The molecule has 0 aliphatic heterocycles. The predicted molar refractivity (Wildman–Crippen MR) is 139 cm³/mol. The van der Waals surface area contributed by atoms with Crippen molar-refractivity contribution in [2.75, 3.05) is 13.7 Å². The predicted octanol–water partition coefficient (Wildman–Crippen LogP) is 4.18. The Hall–Kier alpha value is -4.28. The van der Waals surface area contributed by atoms with Crippen molar-refractivity contribution in [1.29, 1.82) is 0 Å². The number of nitrogens with two attached hydrogens (primary N) is 1. The van der Waals surface area contributed by atoms with Gasteiger partial charge in [0, 0.05) is 46.5 Å². The number of hydrogen-bond donors (Lipinski definition) is 3. The van der Waals surface area contributed by atoms with Gasteiger partial charge in [-0.3, -0.25) is 9.78 Å². The molecule has 1 atom stereocenters. The van der Waals surface area contributed by atoms with Crippen LogP contribution in [0, 0.1) is 11.8 Å². The Labute approximate surface area is 210 Å². The number of aromatic amines is 1. The number of rotatable bonds is 8. The number of nitrogens with one attached hydrogen (secondary N) is 1. The number of aliphatic hydroxyl groups excluding tert-OH is 1. The summed E-state index contributed by atoms with van der Waals surface area (Å²) < 4.78 is 11.5. The molecule has 4 N–H and O–H groups in total. The molecule has 0 radical (unpaired) electrons. The van der Waals surface area contributed by atoms with Gasteiger partial charge in [-0.15, -0.1) is 0 Å². The molecule has 0 fully saturated rings. The molecular formula is C29H29N3O4. The van der Waals surface area contributed by atoms with Gasteiger partial charge in [0.05, 0.1) is 30.9 Å². The zero-order valence-corrected chi connectivity index (χ0v) is 20.5. The Kier molecular flexibility index (Phi) is 7.57. The number of benzene rings is 2. The Morgan fingerprint density at radius 1 is 1.19 bits per heavy atom. The second-order valence-corrected chi connectivity index (χ2v) is 8.74. The van der Waals surface area contributed by atoms with Crippen molar-refractivity contribution in [3.8, 4) is 23.3 Å². The number of ether oxygens (including phenoxy) is 2. The maximum absolute atomic E-state index is 12.5. The molecule has 0 spiro atoms. The Bertz CT molecular complexity index is 1450. The van der Waals surface area contributed by atoms with E-state index < -0.39 is 5.91 Å². The summed E-state index contributed by atoms with van der Waals surface area (Å²) in [4.78, 5) is 20.0. The minimum absolute atomic E-state index is 0.164. The molecule has 7 heteroatoms. The van der Waals surface area contributed by atoms with Crippen LogP contribution in [0.1, 0.15) is 52.4 Å². The molecule has 4 rings (SSSR count). The molecular weight excluding hydrogens is 454 g/mol. The fourth-order valence-electron chi connectivity index (χ4n) is 4.19. The maximum atomic E-state index is 12.5. The fourth-order valence-corrected chi connectivity index (χ4v) is 4.19. The van der Waals surface area contributed by atoms with Crippen molar-refractivity contribution in [1.82, 2.24) is 9.97 Å². The molecule has 0 aliphatic rings. The van der Waals surface area contributed by atoms with Crippen LogP contribution in [-0.4, -0.2) is 40.8 Å². The molecule has 1 unspecified atom stereocenters. The number of aliphatic hydroxyl groups is 1. The highest BCUT2D eigenvalue weighted by Gasteiger charge is 2.24. The van der Waals surface area contributed by atoms with Gasteiger partial charge >= 0.3 is 0 Å². The lowest BCUT2D eigenvalue weighted by atomic mass is 9.89. The number of hydrogen-bond acceptors (Lipinski definition) is 5. The summed E-state index contributed by atoms with van der Waals surface area (Å²) in [5.74, 6) is 6.28. The van der Waals surface area contributed by atoms with E-state index in [9.17, 15) is 9.90 Å². The molecule has 0 bridgehead atoms. The normalized spacial score (nSPS) is 11.7. The number of pyridine rings is 1. The van der Waals surface area contributed by atoms with E-state index in [1.165, 1.54) is 0 Å². The number of aromatic nitrogens is 2. The van der Waals surface area contributed by atoms with E-state index >= 15 is 0 Å². The minimum Gasteiger partial charge on any atom is -0.495 e. The number of fused-ring (bicyclic) bond motifs is 1. The van der Waals surface area contributed by atoms with E-state index in [0.717, 1.165) is 22.0 Å². The van der Waals surface area contributed by atoms with Gasteiger partial charge in [-0.2, -0.15) is 0 Å². The summed E-state index contributed by atoms with van der Waals surface area (Å²) in [6.45, 7) is 3.59. The molecule has 1 amide bonds. The highest BCUT2D eigenvalue weighted by molar-refractivity contribution is 5.96. The summed E-state index contributed by atoms with van der Waals surface area (Å²) in [6.07, 6.45) is 5.73. The number of primary amides is 1. The maximum Gasteiger partial charge on any atom is 0.252 e. The lowest BCUT2D eigenvalue weighted by molar-refractivity contribution is 0.0994. The van der Waals surface area contributed by atoms with Crippen molar-refractivity contribution < 1.29 is 19.4 Å². The van der Waals surface area contributed by atoms with Gasteiger partial charge in [-0.05, 0) is 56.2 Å². The second kappa shape index (κ2) is 11.0. The average Bonchev–Trinajstić information content (AvgIpc) is 3.29. The zero-order valence-electron chi connectivity index (χ0n) is 20.5. The summed E-state index contributed by atoms with van der Waals surface area (Å²) >= 11 is 0.